The molecule has 0 unspecified atom stereocenters. The van der Waals surface area contributed by atoms with Gasteiger partial charge in [-0.1, -0.05) is 36.4 Å². The Labute approximate surface area is 134 Å². The Bertz CT molecular complexity index is 849. The lowest BCUT2D eigenvalue weighted by molar-refractivity contribution is -0.117. The van der Waals surface area contributed by atoms with Gasteiger partial charge in [0.2, 0.25) is 0 Å². The lowest BCUT2D eigenvalue weighted by Crippen LogP contribution is -1.99. The van der Waals surface area contributed by atoms with E-state index in [9.17, 15) is 4.79 Å². The van der Waals surface area contributed by atoms with E-state index in [1.165, 1.54) is 17.2 Å². The van der Waals surface area contributed by atoms with Gasteiger partial charge in [0.05, 0.1) is 0 Å². The Balaban J connectivity index is 1.74. The van der Waals surface area contributed by atoms with Crippen LogP contribution in [-0.4, -0.2) is 26.9 Å². The molecule has 0 amide bonds. The second-order valence-corrected chi connectivity index (χ2v) is 5.39. The fourth-order valence-corrected chi connectivity index (χ4v) is 2.55. The first-order valence-electron chi connectivity index (χ1n) is 7.57. The van der Waals surface area contributed by atoms with Crippen LogP contribution >= 0.6 is 0 Å². The SMILES string of the molecule is O=C(/C=C/c1ccccc1CCc1ccc2nccn2c1)CO. The first-order valence-corrected chi connectivity index (χ1v) is 7.57. The number of rotatable bonds is 6. The van der Waals surface area contributed by atoms with Gasteiger partial charge in [0.1, 0.15) is 12.3 Å². The van der Waals surface area contributed by atoms with Crippen molar-refractivity contribution in [3.63, 3.8) is 0 Å². The van der Waals surface area contributed by atoms with Crippen LogP contribution in [0.2, 0.25) is 0 Å². The van der Waals surface area contributed by atoms with Crippen molar-refractivity contribution in [1.82, 2.24) is 9.38 Å². The molecular formula is C19H18N2O2. The maximum Gasteiger partial charge on any atom is 0.181 e. The number of pyridine rings is 1. The van der Waals surface area contributed by atoms with Crippen molar-refractivity contribution in [2.75, 3.05) is 6.61 Å². The van der Waals surface area contributed by atoms with Gasteiger partial charge in [0, 0.05) is 18.6 Å². The zero-order valence-corrected chi connectivity index (χ0v) is 12.7. The van der Waals surface area contributed by atoms with Crippen LogP contribution in [0.25, 0.3) is 11.7 Å². The predicted octanol–water partition coefficient (Wildman–Crippen LogP) is 2.69. The number of carbonyl (C=O) groups is 1. The van der Waals surface area contributed by atoms with Gasteiger partial charge >= 0.3 is 0 Å². The van der Waals surface area contributed by atoms with Crippen LogP contribution in [0.15, 0.2) is 61.1 Å². The maximum atomic E-state index is 11.2. The topological polar surface area (TPSA) is 54.6 Å². The molecule has 0 bridgehead atoms. The molecule has 116 valence electrons. The molecule has 0 aliphatic heterocycles. The summed E-state index contributed by atoms with van der Waals surface area (Å²) in [6.07, 6.45) is 10.8. The van der Waals surface area contributed by atoms with Crippen molar-refractivity contribution in [2.45, 2.75) is 12.8 Å². The average molecular weight is 306 g/mol. The molecule has 0 fully saturated rings. The van der Waals surface area contributed by atoms with Crippen LogP contribution < -0.4 is 0 Å². The number of ketones is 1. The third kappa shape index (κ3) is 3.73. The first kappa shape index (κ1) is 15.2. The van der Waals surface area contributed by atoms with Gasteiger partial charge in [-0.15, -0.1) is 0 Å². The van der Waals surface area contributed by atoms with Gasteiger partial charge in [-0.25, -0.2) is 4.98 Å². The van der Waals surface area contributed by atoms with Crippen LogP contribution in [0.1, 0.15) is 16.7 Å². The Morgan fingerprint density at radius 2 is 2.04 bits per heavy atom. The molecule has 0 aliphatic rings. The second kappa shape index (κ2) is 7.03. The summed E-state index contributed by atoms with van der Waals surface area (Å²) < 4.78 is 2.01. The highest BCUT2D eigenvalue weighted by molar-refractivity contribution is 5.94. The van der Waals surface area contributed by atoms with E-state index < -0.39 is 6.61 Å². The normalized spacial score (nSPS) is 11.3. The summed E-state index contributed by atoms with van der Waals surface area (Å²) in [6, 6.07) is 12.1. The van der Waals surface area contributed by atoms with Crippen LogP contribution in [0.4, 0.5) is 0 Å². The van der Waals surface area contributed by atoms with Gasteiger partial charge in [-0.2, -0.15) is 0 Å². The molecule has 0 aliphatic carbocycles. The van der Waals surface area contributed by atoms with Crippen molar-refractivity contribution < 1.29 is 9.90 Å². The molecule has 0 atom stereocenters. The summed E-state index contributed by atoms with van der Waals surface area (Å²) in [5.74, 6) is -0.287. The minimum atomic E-state index is -0.455. The maximum absolute atomic E-state index is 11.2. The standard InChI is InChI=1S/C19H18N2O2/c22-14-18(23)9-8-17-4-2-1-3-16(17)7-5-15-6-10-19-20-11-12-21(19)13-15/h1-4,6,8-13,22H,5,7,14H2/b9-8+. The monoisotopic (exact) mass is 306 g/mol. The zero-order chi connectivity index (χ0) is 16.1. The zero-order valence-electron chi connectivity index (χ0n) is 12.7. The van der Waals surface area contributed by atoms with Crippen molar-refractivity contribution in [1.29, 1.82) is 0 Å². The van der Waals surface area contributed by atoms with Crippen molar-refractivity contribution in [3.05, 3.63) is 77.8 Å². The van der Waals surface area contributed by atoms with E-state index in [0.717, 1.165) is 24.1 Å². The smallest absolute Gasteiger partial charge is 0.181 e. The summed E-state index contributed by atoms with van der Waals surface area (Å²) >= 11 is 0. The molecule has 4 nitrogen and oxygen atoms in total. The fourth-order valence-electron chi connectivity index (χ4n) is 2.55. The van der Waals surface area contributed by atoms with E-state index in [-0.39, 0.29) is 5.78 Å². The Morgan fingerprint density at radius 3 is 2.91 bits per heavy atom. The number of hydrogen-bond donors (Lipinski definition) is 1. The van der Waals surface area contributed by atoms with E-state index in [1.54, 1.807) is 12.3 Å². The van der Waals surface area contributed by atoms with Gasteiger partial charge < -0.3 is 9.51 Å². The highest BCUT2D eigenvalue weighted by Gasteiger charge is 2.02. The summed E-state index contributed by atoms with van der Waals surface area (Å²) in [5, 5.41) is 8.79. The number of carbonyl (C=O) groups excluding carboxylic acids is 1. The number of aliphatic hydroxyl groups is 1. The first-order chi connectivity index (χ1) is 11.3. The van der Waals surface area contributed by atoms with Gasteiger partial charge in [0.15, 0.2) is 5.78 Å². The van der Waals surface area contributed by atoms with Crippen LogP contribution in [0, 0.1) is 0 Å². The molecule has 0 saturated heterocycles. The number of nitrogens with zero attached hydrogens (tertiary/aromatic N) is 2. The second-order valence-electron chi connectivity index (χ2n) is 5.39. The number of aryl methyl sites for hydroxylation is 2. The number of aliphatic hydroxyl groups excluding tert-OH is 1. The van der Waals surface area contributed by atoms with Crippen molar-refractivity contribution in [3.8, 4) is 0 Å². The quantitative estimate of drug-likeness (QED) is 0.712. The molecule has 0 radical (unpaired) electrons. The van der Waals surface area contributed by atoms with Crippen LogP contribution in [0.5, 0.6) is 0 Å². The molecule has 1 aromatic carbocycles. The molecule has 4 heteroatoms. The van der Waals surface area contributed by atoms with E-state index in [4.69, 9.17) is 5.11 Å². The third-order valence-electron chi connectivity index (χ3n) is 3.79. The fraction of sp³-hybridized carbons (Fsp3) is 0.158. The number of fused-ring (bicyclic) bond motifs is 1. The number of aromatic nitrogens is 2. The van der Waals surface area contributed by atoms with Crippen LogP contribution in [-0.2, 0) is 17.6 Å². The largest absolute Gasteiger partial charge is 0.388 e. The van der Waals surface area contributed by atoms with E-state index in [2.05, 4.69) is 23.3 Å². The molecular weight excluding hydrogens is 288 g/mol. The molecule has 3 rings (SSSR count). The Kier molecular flexibility index (Phi) is 4.64. The molecule has 0 spiro atoms. The van der Waals surface area contributed by atoms with Crippen molar-refractivity contribution in [2.24, 2.45) is 0 Å². The Morgan fingerprint density at radius 1 is 1.17 bits per heavy atom. The van der Waals surface area contributed by atoms with E-state index in [0.29, 0.717) is 0 Å². The third-order valence-corrected chi connectivity index (χ3v) is 3.79. The van der Waals surface area contributed by atoms with Gasteiger partial charge in [-0.3, -0.25) is 4.79 Å². The average Bonchev–Trinajstić information content (AvgIpc) is 3.06. The van der Waals surface area contributed by atoms with Crippen molar-refractivity contribution >= 4 is 17.5 Å². The van der Waals surface area contributed by atoms with E-state index in [1.807, 2.05) is 34.9 Å². The highest BCUT2D eigenvalue weighted by Crippen LogP contribution is 2.15. The van der Waals surface area contributed by atoms with E-state index >= 15 is 0 Å². The molecule has 2 aromatic heterocycles. The van der Waals surface area contributed by atoms with Crippen LogP contribution in [0.3, 0.4) is 0 Å². The number of benzene rings is 1. The minimum absolute atomic E-state index is 0.287. The number of hydrogen-bond acceptors (Lipinski definition) is 3. The lowest BCUT2D eigenvalue weighted by atomic mass is 10.00. The Hall–Kier alpha value is -2.72. The molecule has 3 aromatic rings. The summed E-state index contributed by atoms with van der Waals surface area (Å²) in [5.41, 5.74) is 4.37. The highest BCUT2D eigenvalue weighted by atomic mass is 16.3. The number of imidazole rings is 1. The van der Waals surface area contributed by atoms with Gasteiger partial charge in [-0.05, 0) is 41.7 Å². The summed E-state index contributed by atoms with van der Waals surface area (Å²) in [7, 11) is 0. The minimum Gasteiger partial charge on any atom is -0.388 e. The summed E-state index contributed by atoms with van der Waals surface area (Å²) in [4.78, 5) is 15.5. The molecule has 0 saturated carbocycles. The molecule has 2 heterocycles. The molecule has 1 N–H and O–H groups in total. The predicted molar refractivity (Wildman–Crippen MR) is 90.2 cm³/mol. The van der Waals surface area contributed by atoms with Gasteiger partial charge in [0.25, 0.3) is 0 Å². The summed E-state index contributed by atoms with van der Waals surface area (Å²) in [6.45, 7) is -0.455. The lowest BCUT2D eigenvalue weighted by Gasteiger charge is -2.07. The molecule has 23 heavy (non-hydrogen) atoms.